The SMILES string of the molecule is Cc1ccccc1CCC(=O)NCC(C)(C)N. The van der Waals surface area contributed by atoms with Crippen molar-refractivity contribution in [1.29, 1.82) is 0 Å². The van der Waals surface area contributed by atoms with Crippen molar-refractivity contribution in [2.24, 2.45) is 5.73 Å². The first-order valence-corrected chi connectivity index (χ1v) is 5.98. The number of nitrogens with one attached hydrogen (secondary N) is 1. The maximum absolute atomic E-state index is 11.6. The number of hydrogen-bond acceptors (Lipinski definition) is 2. The summed E-state index contributed by atoms with van der Waals surface area (Å²) in [6, 6.07) is 8.14. The monoisotopic (exact) mass is 234 g/mol. The van der Waals surface area contributed by atoms with Crippen LogP contribution < -0.4 is 11.1 Å². The molecule has 1 aromatic carbocycles. The molecule has 1 aromatic rings. The Morgan fingerprint density at radius 3 is 2.59 bits per heavy atom. The van der Waals surface area contributed by atoms with E-state index in [1.807, 2.05) is 26.0 Å². The van der Waals surface area contributed by atoms with Crippen LogP contribution in [0.25, 0.3) is 0 Å². The third kappa shape index (κ3) is 5.50. The number of aryl methyl sites for hydroxylation is 2. The highest BCUT2D eigenvalue weighted by Gasteiger charge is 2.12. The molecule has 3 heteroatoms. The van der Waals surface area contributed by atoms with Crippen LogP contribution in [0.4, 0.5) is 0 Å². The Hall–Kier alpha value is -1.35. The van der Waals surface area contributed by atoms with Crippen molar-refractivity contribution in [2.45, 2.75) is 39.2 Å². The van der Waals surface area contributed by atoms with Gasteiger partial charge in [0.05, 0.1) is 0 Å². The Bertz CT molecular complexity index is 380. The topological polar surface area (TPSA) is 55.1 Å². The van der Waals surface area contributed by atoms with Crippen LogP contribution in [-0.4, -0.2) is 18.0 Å². The number of hydrogen-bond donors (Lipinski definition) is 2. The molecule has 0 aliphatic heterocycles. The summed E-state index contributed by atoms with van der Waals surface area (Å²) in [5.74, 6) is 0.0618. The number of rotatable bonds is 5. The highest BCUT2D eigenvalue weighted by Crippen LogP contribution is 2.09. The van der Waals surface area contributed by atoms with Gasteiger partial charge in [-0.05, 0) is 38.3 Å². The molecule has 0 aliphatic carbocycles. The first-order chi connectivity index (χ1) is 7.88. The predicted octanol–water partition coefficient (Wildman–Crippen LogP) is 1.78. The van der Waals surface area contributed by atoms with E-state index < -0.39 is 0 Å². The largest absolute Gasteiger partial charge is 0.354 e. The fraction of sp³-hybridized carbons (Fsp3) is 0.500. The Labute approximate surface area is 103 Å². The summed E-state index contributed by atoms with van der Waals surface area (Å²) in [5, 5.41) is 2.85. The van der Waals surface area contributed by atoms with Crippen LogP contribution in [0.1, 0.15) is 31.4 Å². The molecule has 3 N–H and O–H groups in total. The molecule has 0 radical (unpaired) electrons. The van der Waals surface area contributed by atoms with Gasteiger partial charge < -0.3 is 11.1 Å². The minimum absolute atomic E-state index is 0.0618. The van der Waals surface area contributed by atoms with Gasteiger partial charge in [0.15, 0.2) is 0 Å². The van der Waals surface area contributed by atoms with E-state index in [1.165, 1.54) is 11.1 Å². The van der Waals surface area contributed by atoms with Crippen molar-refractivity contribution in [3.05, 3.63) is 35.4 Å². The van der Waals surface area contributed by atoms with Crippen molar-refractivity contribution >= 4 is 5.91 Å². The Morgan fingerprint density at radius 1 is 1.35 bits per heavy atom. The maximum Gasteiger partial charge on any atom is 0.220 e. The normalized spacial score (nSPS) is 11.3. The third-order valence-electron chi connectivity index (χ3n) is 2.62. The summed E-state index contributed by atoms with van der Waals surface area (Å²) in [6.45, 7) is 6.37. The van der Waals surface area contributed by atoms with Gasteiger partial charge in [-0.15, -0.1) is 0 Å². The second kappa shape index (κ2) is 5.82. The Morgan fingerprint density at radius 2 is 2.00 bits per heavy atom. The molecule has 94 valence electrons. The average molecular weight is 234 g/mol. The van der Waals surface area contributed by atoms with Gasteiger partial charge in [0.25, 0.3) is 0 Å². The minimum Gasteiger partial charge on any atom is -0.354 e. The van der Waals surface area contributed by atoms with Crippen molar-refractivity contribution in [3.8, 4) is 0 Å². The molecule has 0 atom stereocenters. The van der Waals surface area contributed by atoms with E-state index in [0.29, 0.717) is 13.0 Å². The quantitative estimate of drug-likeness (QED) is 0.816. The molecule has 1 rings (SSSR count). The predicted molar refractivity (Wildman–Crippen MR) is 70.8 cm³/mol. The summed E-state index contributed by atoms with van der Waals surface area (Å²) in [5.41, 5.74) is 7.92. The molecule has 0 bridgehead atoms. The molecule has 0 saturated heterocycles. The molecule has 0 aromatic heterocycles. The van der Waals surface area contributed by atoms with Gasteiger partial charge in [-0.2, -0.15) is 0 Å². The van der Waals surface area contributed by atoms with Crippen LogP contribution in [0.2, 0.25) is 0 Å². The molecule has 0 unspecified atom stereocenters. The number of benzene rings is 1. The number of carbonyl (C=O) groups is 1. The fourth-order valence-corrected chi connectivity index (χ4v) is 1.55. The Kier molecular flexibility index (Phi) is 4.70. The molecule has 0 spiro atoms. The lowest BCUT2D eigenvalue weighted by molar-refractivity contribution is -0.121. The molecule has 1 amide bonds. The molecule has 3 nitrogen and oxygen atoms in total. The first-order valence-electron chi connectivity index (χ1n) is 5.98. The van der Waals surface area contributed by atoms with Gasteiger partial charge in [-0.3, -0.25) is 4.79 Å². The van der Waals surface area contributed by atoms with Gasteiger partial charge in [0, 0.05) is 18.5 Å². The van der Waals surface area contributed by atoms with Gasteiger partial charge in [-0.1, -0.05) is 24.3 Å². The van der Waals surface area contributed by atoms with E-state index in [4.69, 9.17) is 5.73 Å². The first kappa shape index (κ1) is 13.7. The van der Waals surface area contributed by atoms with E-state index in [1.54, 1.807) is 0 Å². The summed E-state index contributed by atoms with van der Waals surface area (Å²) in [4.78, 5) is 11.6. The lowest BCUT2D eigenvalue weighted by Crippen LogP contribution is -2.45. The summed E-state index contributed by atoms with van der Waals surface area (Å²) in [6.07, 6.45) is 1.30. The van der Waals surface area contributed by atoms with Crippen molar-refractivity contribution in [2.75, 3.05) is 6.54 Å². The van der Waals surface area contributed by atoms with E-state index in [0.717, 1.165) is 6.42 Å². The fourth-order valence-electron chi connectivity index (χ4n) is 1.55. The molecule has 0 aliphatic rings. The lowest BCUT2D eigenvalue weighted by atomic mass is 10.0. The molecular formula is C14H22N2O. The molecule has 0 heterocycles. The smallest absolute Gasteiger partial charge is 0.220 e. The van der Waals surface area contributed by atoms with Gasteiger partial charge in [0.2, 0.25) is 5.91 Å². The number of amides is 1. The molecule has 0 fully saturated rings. The highest BCUT2D eigenvalue weighted by molar-refractivity contribution is 5.76. The number of nitrogens with two attached hydrogens (primary N) is 1. The summed E-state index contributed by atoms with van der Waals surface area (Å²) in [7, 11) is 0. The zero-order valence-corrected chi connectivity index (χ0v) is 10.9. The molecular weight excluding hydrogens is 212 g/mol. The van der Waals surface area contributed by atoms with Crippen molar-refractivity contribution in [1.82, 2.24) is 5.32 Å². The zero-order valence-electron chi connectivity index (χ0n) is 10.9. The van der Waals surface area contributed by atoms with Crippen LogP contribution in [0, 0.1) is 6.92 Å². The van der Waals surface area contributed by atoms with Crippen molar-refractivity contribution < 1.29 is 4.79 Å². The molecule has 17 heavy (non-hydrogen) atoms. The van der Waals surface area contributed by atoms with Gasteiger partial charge in [0.1, 0.15) is 0 Å². The van der Waals surface area contributed by atoms with Gasteiger partial charge >= 0.3 is 0 Å². The zero-order chi connectivity index (χ0) is 12.9. The van der Waals surface area contributed by atoms with Crippen LogP contribution >= 0.6 is 0 Å². The van der Waals surface area contributed by atoms with E-state index in [2.05, 4.69) is 24.4 Å². The standard InChI is InChI=1S/C14H22N2O/c1-11-6-4-5-7-12(11)8-9-13(17)16-10-14(2,3)15/h4-7H,8-10,15H2,1-3H3,(H,16,17). The van der Waals surface area contributed by atoms with Crippen LogP contribution in [0.5, 0.6) is 0 Å². The average Bonchev–Trinajstić information content (AvgIpc) is 2.24. The van der Waals surface area contributed by atoms with E-state index in [-0.39, 0.29) is 11.4 Å². The number of carbonyl (C=O) groups excluding carboxylic acids is 1. The maximum atomic E-state index is 11.6. The van der Waals surface area contributed by atoms with E-state index >= 15 is 0 Å². The Balaban J connectivity index is 2.36. The highest BCUT2D eigenvalue weighted by atomic mass is 16.1. The third-order valence-corrected chi connectivity index (χ3v) is 2.62. The van der Waals surface area contributed by atoms with Gasteiger partial charge in [-0.25, -0.2) is 0 Å². The van der Waals surface area contributed by atoms with E-state index in [9.17, 15) is 4.79 Å². The summed E-state index contributed by atoms with van der Waals surface area (Å²) >= 11 is 0. The van der Waals surface area contributed by atoms with Crippen molar-refractivity contribution in [3.63, 3.8) is 0 Å². The van der Waals surface area contributed by atoms with Crippen LogP contribution in [0.3, 0.4) is 0 Å². The minimum atomic E-state index is -0.349. The van der Waals surface area contributed by atoms with Crippen LogP contribution in [0.15, 0.2) is 24.3 Å². The van der Waals surface area contributed by atoms with Crippen LogP contribution in [-0.2, 0) is 11.2 Å². The summed E-state index contributed by atoms with van der Waals surface area (Å²) < 4.78 is 0. The second-order valence-corrected chi connectivity index (χ2v) is 5.19. The lowest BCUT2D eigenvalue weighted by Gasteiger charge is -2.18. The molecule has 0 saturated carbocycles. The second-order valence-electron chi connectivity index (χ2n) is 5.19.